The molecule has 14 aromatic rings. The van der Waals surface area contributed by atoms with Crippen molar-refractivity contribution >= 4 is 110 Å². The van der Waals surface area contributed by atoms with Gasteiger partial charge in [0.05, 0.1) is 54.1 Å². The van der Waals surface area contributed by atoms with Crippen LogP contribution in [0.5, 0.6) is 0 Å². The third kappa shape index (κ3) is 17.2. The standard InChI is InChI=1S/C18H13BrFN5O.C18H20BrN5O.C18H14BrN5O.C18H20BrN5O/c19-13-10-23-25-16(21-8-11-5-6-17(26)22-9-11)7-15(24-18(13)25)12-3-1-2-4-14(12)20;2*19-14-11-22-24-16(20-9-12-6-7-17(25)21-10-12)8-15(23-18(14)24)13-4-2-1-3-5-13;19-14-11-22-24-16(21-10-12-6-7-20-17(25)8-12)9-15(23-18(14)24)13-4-2-1-3-5-13/h1-7,9-10,21H,8H2,(H,22,26);6-8,10-11,13,20H,1-5,9H2,(H,21,25);1-8,10-11,20H,9H2,(H,21,25);6-9,11,13,21H,1-5,10H2,(H,20,25). The van der Waals surface area contributed by atoms with Crippen molar-refractivity contribution in [1.29, 1.82) is 0 Å². The summed E-state index contributed by atoms with van der Waals surface area (Å²) in [6.07, 6.45) is 26.2. The molecular formula is C72H67Br4FN20O4. The van der Waals surface area contributed by atoms with Gasteiger partial charge in [-0.3, -0.25) is 19.2 Å². The number of nitrogens with zero attached hydrogens (tertiary/aromatic N) is 12. The molecule has 8 N–H and O–H groups in total. The average molecular weight is 1620 g/mol. The van der Waals surface area contributed by atoms with Gasteiger partial charge in [-0.15, -0.1) is 0 Å². The summed E-state index contributed by atoms with van der Waals surface area (Å²) in [5.41, 5.74) is 11.4. The molecule has 0 bridgehead atoms. The summed E-state index contributed by atoms with van der Waals surface area (Å²) in [5, 5.41) is 31.0. The van der Waals surface area contributed by atoms with Gasteiger partial charge < -0.3 is 41.2 Å². The Morgan fingerprint density at radius 1 is 0.396 bits per heavy atom. The van der Waals surface area contributed by atoms with Crippen molar-refractivity contribution in [2.45, 2.75) is 102 Å². The van der Waals surface area contributed by atoms with Gasteiger partial charge in [-0.05, 0) is 130 Å². The Labute approximate surface area is 609 Å². The molecule has 0 saturated heterocycles. The highest BCUT2D eigenvalue weighted by Gasteiger charge is 2.23. The van der Waals surface area contributed by atoms with Crippen LogP contribution < -0.4 is 43.5 Å². The fourth-order valence-corrected chi connectivity index (χ4v) is 13.5. The van der Waals surface area contributed by atoms with Crippen molar-refractivity contribution in [1.82, 2.24) is 78.3 Å². The van der Waals surface area contributed by atoms with Gasteiger partial charge in [0.2, 0.25) is 22.2 Å². The number of aromatic nitrogens is 16. The molecule has 2 fully saturated rings. The molecule has 12 heterocycles. The number of rotatable bonds is 16. The monoisotopic (exact) mass is 1610 g/mol. The first-order chi connectivity index (χ1) is 49.2. The Balaban J connectivity index is 0.000000120. The van der Waals surface area contributed by atoms with Gasteiger partial charge in [0.25, 0.3) is 0 Å². The lowest BCUT2D eigenvalue weighted by atomic mass is 9.87. The summed E-state index contributed by atoms with van der Waals surface area (Å²) in [7, 11) is 0. The number of H-pyrrole nitrogens is 4. The van der Waals surface area contributed by atoms with E-state index in [1.807, 2.05) is 57.6 Å². The summed E-state index contributed by atoms with van der Waals surface area (Å²) in [5.74, 6) is 3.99. The number of aromatic amines is 4. The van der Waals surface area contributed by atoms with E-state index in [9.17, 15) is 23.6 Å². The third-order valence-corrected chi connectivity index (χ3v) is 19.5. The summed E-state index contributed by atoms with van der Waals surface area (Å²) in [4.78, 5) is 74.6. The first-order valence-corrected chi connectivity index (χ1v) is 36.0. The molecule has 0 spiro atoms. The summed E-state index contributed by atoms with van der Waals surface area (Å²) < 4.78 is 24.6. The predicted molar refractivity (Wildman–Crippen MR) is 403 cm³/mol. The van der Waals surface area contributed by atoms with Crippen LogP contribution in [-0.2, 0) is 26.2 Å². The summed E-state index contributed by atoms with van der Waals surface area (Å²) >= 11 is 14.0. The maximum absolute atomic E-state index is 14.2. The molecule has 0 aliphatic heterocycles. The minimum absolute atomic E-state index is 0.0920. The van der Waals surface area contributed by atoms with Crippen LogP contribution in [0.15, 0.2) is 214 Å². The molecule has 24 nitrogen and oxygen atoms in total. The lowest BCUT2D eigenvalue weighted by Crippen LogP contribution is -2.12. The summed E-state index contributed by atoms with van der Waals surface area (Å²) in [6.45, 7) is 2.19. The zero-order valence-electron chi connectivity index (χ0n) is 54.2. The van der Waals surface area contributed by atoms with Gasteiger partial charge in [0, 0.05) is 134 Å². The second-order valence-electron chi connectivity index (χ2n) is 24.3. The molecule has 101 heavy (non-hydrogen) atoms. The zero-order valence-corrected chi connectivity index (χ0v) is 60.5. The molecule has 0 atom stereocenters. The number of benzene rings is 2. The molecule has 0 amide bonds. The second kappa shape index (κ2) is 32.4. The largest absolute Gasteiger partial charge is 0.366 e. The van der Waals surface area contributed by atoms with Gasteiger partial charge in [-0.2, -0.15) is 38.5 Å². The molecule has 12 aromatic heterocycles. The predicted octanol–water partition coefficient (Wildman–Crippen LogP) is 14.7. The number of pyridine rings is 4. The quantitative estimate of drug-likeness (QED) is 0.0446. The van der Waals surface area contributed by atoms with Gasteiger partial charge in [0.15, 0.2) is 22.6 Å². The lowest BCUT2D eigenvalue weighted by Gasteiger charge is -2.22. The van der Waals surface area contributed by atoms with E-state index in [0.717, 1.165) is 92.7 Å². The lowest BCUT2D eigenvalue weighted by molar-refractivity contribution is 0.437. The van der Waals surface area contributed by atoms with Crippen molar-refractivity contribution in [3.8, 4) is 22.5 Å². The van der Waals surface area contributed by atoms with Crippen molar-refractivity contribution in [2.75, 3.05) is 21.3 Å². The van der Waals surface area contributed by atoms with Crippen LogP contribution in [0.2, 0.25) is 0 Å². The van der Waals surface area contributed by atoms with Gasteiger partial charge in [0.1, 0.15) is 29.1 Å². The van der Waals surface area contributed by atoms with Gasteiger partial charge in [-0.25, -0.2) is 24.3 Å². The highest BCUT2D eigenvalue weighted by Crippen LogP contribution is 2.36. The van der Waals surface area contributed by atoms with Crippen molar-refractivity contribution in [3.63, 3.8) is 0 Å². The molecule has 29 heteroatoms. The number of hydrogen-bond acceptors (Lipinski definition) is 16. The van der Waals surface area contributed by atoms with Crippen molar-refractivity contribution in [3.05, 3.63) is 276 Å². The fraction of sp³-hybridized carbons (Fsp3) is 0.222. The van der Waals surface area contributed by atoms with E-state index in [2.05, 4.69) is 142 Å². The summed E-state index contributed by atoms with van der Waals surface area (Å²) in [6, 6.07) is 37.8. The van der Waals surface area contributed by atoms with Crippen molar-refractivity contribution in [2.24, 2.45) is 0 Å². The first-order valence-electron chi connectivity index (χ1n) is 32.9. The maximum atomic E-state index is 14.2. The van der Waals surface area contributed by atoms with E-state index in [4.69, 9.17) is 15.0 Å². The van der Waals surface area contributed by atoms with Crippen molar-refractivity contribution < 1.29 is 4.39 Å². The average Bonchev–Trinajstić information content (AvgIpc) is 1.75. The third-order valence-electron chi connectivity index (χ3n) is 17.3. The molecule has 2 saturated carbocycles. The topological polar surface area (TPSA) is 300 Å². The number of anilines is 4. The van der Waals surface area contributed by atoms with E-state index in [1.165, 1.54) is 88.5 Å². The molecule has 2 aliphatic rings. The van der Waals surface area contributed by atoms with E-state index >= 15 is 0 Å². The number of halogens is 5. The number of fused-ring (bicyclic) bond motifs is 4. The Hall–Kier alpha value is -10.2. The smallest absolute Gasteiger partial charge is 0.248 e. The SMILES string of the molecule is O=c1cc(CNc2cc(C3CCCCC3)nc3c(Br)cnn23)cc[nH]1.O=c1ccc(CNc2cc(-c3ccccc3)nc3c(Br)cnn23)c[nH]1.O=c1ccc(CNc2cc(-c3ccccc3F)nc3c(Br)cnn23)c[nH]1.O=c1ccc(CNc2cc(C3CCCCC3)nc3c(Br)cnn23)c[nH]1. The first kappa shape index (κ1) is 69.3. The van der Waals surface area contributed by atoms with Crippen LogP contribution in [0.4, 0.5) is 27.7 Å². The second-order valence-corrected chi connectivity index (χ2v) is 27.7. The van der Waals surface area contributed by atoms with Crippen LogP contribution in [-0.4, -0.2) is 78.3 Å². The molecule has 16 rings (SSSR count). The normalized spacial score (nSPS) is 13.2. The van der Waals surface area contributed by atoms with Crippen LogP contribution in [0.1, 0.15) is 110 Å². The Kier molecular flexibility index (Phi) is 22.2. The number of nitrogens with one attached hydrogen (secondary N) is 8. The van der Waals surface area contributed by atoms with E-state index in [1.54, 1.807) is 101 Å². The molecular weight excluding hydrogens is 1550 g/mol. The zero-order chi connectivity index (χ0) is 69.8. The minimum Gasteiger partial charge on any atom is -0.366 e. The molecule has 0 unspecified atom stereocenters. The molecule has 514 valence electrons. The van der Waals surface area contributed by atoms with Crippen LogP contribution in [0.3, 0.4) is 0 Å². The number of hydrogen-bond donors (Lipinski definition) is 8. The maximum Gasteiger partial charge on any atom is 0.248 e. The molecule has 2 aromatic carbocycles. The van der Waals surface area contributed by atoms with Gasteiger partial charge in [-0.1, -0.05) is 99.2 Å². The highest BCUT2D eigenvalue weighted by atomic mass is 79.9. The van der Waals surface area contributed by atoms with Crippen LogP contribution >= 0.6 is 63.7 Å². The Bertz CT molecular complexity index is 5410. The van der Waals surface area contributed by atoms with Crippen LogP contribution in [0.25, 0.3) is 45.1 Å². The minimum atomic E-state index is -0.341. The highest BCUT2D eigenvalue weighted by molar-refractivity contribution is 9.11. The fourth-order valence-electron chi connectivity index (χ4n) is 12.1. The Morgan fingerprint density at radius 2 is 0.782 bits per heavy atom. The van der Waals surface area contributed by atoms with E-state index in [-0.39, 0.29) is 28.1 Å². The molecule has 2 aliphatic carbocycles. The van der Waals surface area contributed by atoms with E-state index in [0.29, 0.717) is 65.2 Å². The Morgan fingerprint density at radius 3 is 1.20 bits per heavy atom. The van der Waals surface area contributed by atoms with Gasteiger partial charge >= 0.3 is 0 Å². The molecule has 0 radical (unpaired) electrons. The van der Waals surface area contributed by atoms with Crippen LogP contribution in [0, 0.1) is 5.82 Å². The van der Waals surface area contributed by atoms with E-state index < -0.39 is 0 Å².